The van der Waals surface area contributed by atoms with E-state index in [1.807, 2.05) is 57.2 Å². The summed E-state index contributed by atoms with van der Waals surface area (Å²) < 4.78 is 25.8. The van der Waals surface area contributed by atoms with Crippen LogP contribution in [0.1, 0.15) is 59.5 Å². The summed E-state index contributed by atoms with van der Waals surface area (Å²) >= 11 is 0. The average molecular weight is 510 g/mol. The first-order valence-electron chi connectivity index (χ1n) is 12.4. The number of carbonyl (C=O) groups is 1. The lowest BCUT2D eigenvalue weighted by atomic mass is 9.94. The lowest BCUT2D eigenvalue weighted by Crippen LogP contribution is -2.46. The van der Waals surface area contributed by atoms with Gasteiger partial charge in [-0.1, -0.05) is 42.5 Å². The molecule has 1 unspecified atom stereocenters. The summed E-state index contributed by atoms with van der Waals surface area (Å²) in [5.74, 6) is -0.562. The fraction of sp³-hybridized carbons (Fsp3) is 0.367. The molecule has 37 heavy (non-hydrogen) atoms. The van der Waals surface area contributed by atoms with E-state index in [1.54, 1.807) is 37.3 Å². The summed E-state index contributed by atoms with van der Waals surface area (Å²) in [6.45, 7) is 8.33. The number of carboxylic acid groups (broad SMARTS) is 1. The first-order valence-corrected chi connectivity index (χ1v) is 12.4. The Balaban J connectivity index is 1.50. The Morgan fingerprint density at radius 1 is 1.05 bits per heavy atom. The summed E-state index contributed by atoms with van der Waals surface area (Å²) in [4.78, 5) is 11.2. The van der Waals surface area contributed by atoms with E-state index in [9.17, 15) is 19.4 Å². The molecule has 0 aromatic heterocycles. The van der Waals surface area contributed by atoms with Crippen LogP contribution in [-0.2, 0) is 17.8 Å². The Morgan fingerprint density at radius 2 is 1.81 bits per heavy atom. The molecule has 0 saturated heterocycles. The van der Waals surface area contributed by atoms with Gasteiger partial charge in [-0.15, -0.1) is 0 Å². The van der Waals surface area contributed by atoms with E-state index in [0.29, 0.717) is 24.3 Å². The third-order valence-electron chi connectivity index (χ3n) is 6.16. The minimum Gasteiger partial charge on any atom is -0.489 e. The van der Waals surface area contributed by atoms with Crippen molar-refractivity contribution in [1.29, 1.82) is 0 Å². The standard InChI is InChI=1S/C30H36FNO5/c1-20-12-13-22(15-27(20)31)16-30(3,4)32-17-25(33)19-36-21(2)26-10-5-6-11-28(26)37-18-23-8-7-9-24(14-23)29(34)35/h5-15,21,25,32-33H,16-19H2,1-4H3,(H,34,35)/t21?,25-/m0/s1. The number of carboxylic acids is 1. The molecular weight excluding hydrogens is 473 g/mol. The molecule has 6 nitrogen and oxygen atoms in total. The van der Waals surface area contributed by atoms with Crippen LogP contribution in [-0.4, -0.2) is 41.0 Å². The van der Waals surface area contributed by atoms with Crippen molar-refractivity contribution >= 4 is 5.97 Å². The highest BCUT2D eigenvalue weighted by Gasteiger charge is 2.21. The Labute approximate surface area is 218 Å². The van der Waals surface area contributed by atoms with Gasteiger partial charge >= 0.3 is 5.97 Å². The van der Waals surface area contributed by atoms with Crippen LogP contribution in [0.5, 0.6) is 5.75 Å². The molecule has 7 heteroatoms. The summed E-state index contributed by atoms with van der Waals surface area (Å²) in [5, 5.41) is 23.1. The van der Waals surface area contributed by atoms with Crippen molar-refractivity contribution in [2.75, 3.05) is 13.2 Å². The number of para-hydroxylation sites is 1. The third-order valence-corrected chi connectivity index (χ3v) is 6.16. The summed E-state index contributed by atoms with van der Waals surface area (Å²) in [5.41, 5.74) is 2.97. The zero-order chi connectivity index (χ0) is 27.0. The monoisotopic (exact) mass is 509 g/mol. The van der Waals surface area contributed by atoms with Crippen LogP contribution in [0.15, 0.2) is 66.7 Å². The second-order valence-corrected chi connectivity index (χ2v) is 9.99. The van der Waals surface area contributed by atoms with Crippen molar-refractivity contribution < 1.29 is 28.9 Å². The van der Waals surface area contributed by atoms with E-state index in [-0.39, 0.29) is 36.2 Å². The molecule has 0 heterocycles. The van der Waals surface area contributed by atoms with Crippen LogP contribution in [0.2, 0.25) is 0 Å². The smallest absolute Gasteiger partial charge is 0.335 e. The number of benzene rings is 3. The predicted molar refractivity (Wildman–Crippen MR) is 141 cm³/mol. The molecule has 0 radical (unpaired) electrons. The third kappa shape index (κ3) is 8.67. The first-order chi connectivity index (χ1) is 17.5. The molecule has 0 bridgehead atoms. The molecule has 3 aromatic carbocycles. The number of aliphatic hydroxyl groups excluding tert-OH is 1. The number of hydrogen-bond acceptors (Lipinski definition) is 5. The van der Waals surface area contributed by atoms with Gasteiger partial charge in [-0.25, -0.2) is 9.18 Å². The SMILES string of the molecule is Cc1ccc(CC(C)(C)NC[C@H](O)COC(C)c2ccccc2OCc2cccc(C(=O)O)c2)cc1F. The summed E-state index contributed by atoms with van der Waals surface area (Å²) in [6.07, 6.45) is -0.447. The maximum atomic E-state index is 13.9. The number of rotatable bonds is 13. The van der Waals surface area contributed by atoms with Gasteiger partial charge in [0.15, 0.2) is 0 Å². The maximum Gasteiger partial charge on any atom is 0.335 e. The number of β-amino-alcohol motifs (C(OH)–C–C–N with tert-alkyl or cyclic N) is 1. The lowest BCUT2D eigenvalue weighted by Gasteiger charge is -2.28. The molecule has 0 amide bonds. The molecule has 3 rings (SSSR count). The number of aryl methyl sites for hydroxylation is 1. The van der Waals surface area contributed by atoms with E-state index in [4.69, 9.17) is 9.47 Å². The van der Waals surface area contributed by atoms with Crippen molar-refractivity contribution in [3.63, 3.8) is 0 Å². The Hall–Kier alpha value is -3.26. The largest absolute Gasteiger partial charge is 0.489 e. The van der Waals surface area contributed by atoms with Gasteiger partial charge in [0.25, 0.3) is 0 Å². The van der Waals surface area contributed by atoms with Crippen LogP contribution in [0.4, 0.5) is 4.39 Å². The summed E-state index contributed by atoms with van der Waals surface area (Å²) in [7, 11) is 0. The summed E-state index contributed by atoms with van der Waals surface area (Å²) in [6, 6.07) is 19.4. The predicted octanol–water partition coefficient (Wildman–Crippen LogP) is 5.46. The lowest BCUT2D eigenvalue weighted by molar-refractivity contribution is -0.00520. The second kappa shape index (κ2) is 12.8. The molecule has 2 atom stereocenters. The number of ether oxygens (including phenoxy) is 2. The van der Waals surface area contributed by atoms with Gasteiger partial charge in [-0.3, -0.25) is 0 Å². The van der Waals surface area contributed by atoms with Gasteiger partial charge in [-0.2, -0.15) is 0 Å². The van der Waals surface area contributed by atoms with E-state index >= 15 is 0 Å². The number of aromatic carboxylic acids is 1. The van der Waals surface area contributed by atoms with E-state index in [1.165, 1.54) is 0 Å². The van der Waals surface area contributed by atoms with Gasteiger partial charge < -0.3 is 25.0 Å². The van der Waals surface area contributed by atoms with Crippen LogP contribution >= 0.6 is 0 Å². The van der Waals surface area contributed by atoms with Crippen LogP contribution in [0.25, 0.3) is 0 Å². The molecule has 0 saturated carbocycles. The highest BCUT2D eigenvalue weighted by Crippen LogP contribution is 2.28. The van der Waals surface area contributed by atoms with Gasteiger partial charge in [0, 0.05) is 17.6 Å². The van der Waals surface area contributed by atoms with Crippen molar-refractivity contribution in [3.05, 3.63) is 100 Å². The molecule has 0 spiro atoms. The minimum atomic E-state index is -0.982. The van der Waals surface area contributed by atoms with Crippen molar-refractivity contribution in [1.82, 2.24) is 5.32 Å². The minimum absolute atomic E-state index is 0.123. The van der Waals surface area contributed by atoms with Crippen LogP contribution in [0.3, 0.4) is 0 Å². The molecule has 0 fully saturated rings. The Bertz CT molecular complexity index is 1200. The number of hydrogen-bond donors (Lipinski definition) is 3. The molecule has 3 aromatic rings. The quantitative estimate of drug-likeness (QED) is 0.284. The molecule has 198 valence electrons. The number of halogens is 1. The zero-order valence-corrected chi connectivity index (χ0v) is 21.8. The highest BCUT2D eigenvalue weighted by molar-refractivity contribution is 5.87. The maximum absolute atomic E-state index is 13.9. The van der Waals surface area contributed by atoms with Gasteiger partial charge in [0.05, 0.1) is 24.4 Å². The molecule has 0 aliphatic heterocycles. The Morgan fingerprint density at radius 3 is 2.54 bits per heavy atom. The van der Waals surface area contributed by atoms with E-state index in [0.717, 1.165) is 16.7 Å². The van der Waals surface area contributed by atoms with Crippen molar-refractivity contribution in [2.45, 2.75) is 58.5 Å². The highest BCUT2D eigenvalue weighted by atomic mass is 19.1. The molecule has 3 N–H and O–H groups in total. The van der Waals surface area contributed by atoms with Gasteiger partial charge in [-0.05, 0) is 75.1 Å². The number of nitrogens with one attached hydrogen (secondary N) is 1. The van der Waals surface area contributed by atoms with Crippen LogP contribution in [0, 0.1) is 12.7 Å². The second-order valence-electron chi connectivity index (χ2n) is 9.99. The van der Waals surface area contributed by atoms with Crippen molar-refractivity contribution in [2.24, 2.45) is 0 Å². The molecule has 0 aliphatic rings. The van der Waals surface area contributed by atoms with E-state index < -0.39 is 12.1 Å². The zero-order valence-electron chi connectivity index (χ0n) is 21.8. The molecular formula is C30H36FNO5. The topological polar surface area (TPSA) is 88.0 Å². The molecule has 0 aliphatic carbocycles. The number of aliphatic hydroxyl groups is 1. The van der Waals surface area contributed by atoms with E-state index in [2.05, 4.69) is 5.32 Å². The van der Waals surface area contributed by atoms with Crippen LogP contribution < -0.4 is 10.1 Å². The Kier molecular flexibility index (Phi) is 9.80. The first kappa shape index (κ1) is 28.3. The van der Waals surface area contributed by atoms with Gasteiger partial charge in [0.1, 0.15) is 18.2 Å². The van der Waals surface area contributed by atoms with Gasteiger partial charge in [0.2, 0.25) is 0 Å². The fourth-order valence-corrected chi connectivity index (χ4v) is 4.02. The normalized spacial score (nSPS) is 13.2. The average Bonchev–Trinajstić information content (AvgIpc) is 2.87. The fourth-order valence-electron chi connectivity index (χ4n) is 4.02. The van der Waals surface area contributed by atoms with Crippen molar-refractivity contribution in [3.8, 4) is 5.75 Å².